The van der Waals surface area contributed by atoms with Crippen molar-refractivity contribution >= 4 is 17.6 Å². The first-order valence-electron chi connectivity index (χ1n) is 6.60. The lowest BCUT2D eigenvalue weighted by Crippen LogP contribution is -2.58. The van der Waals surface area contributed by atoms with Crippen molar-refractivity contribution in [1.82, 2.24) is 10.6 Å². The second kappa shape index (κ2) is 5.00. The Bertz CT molecular complexity index is 496. The van der Waals surface area contributed by atoms with Crippen LogP contribution in [-0.4, -0.2) is 17.5 Å². The van der Waals surface area contributed by atoms with Gasteiger partial charge in [-0.1, -0.05) is 18.2 Å². The molecule has 0 bridgehead atoms. The summed E-state index contributed by atoms with van der Waals surface area (Å²) < 4.78 is 14.0. The molecule has 2 N–H and O–H groups in total. The minimum absolute atomic E-state index is 0.0911. The molecule has 0 radical (unpaired) electrons. The fraction of sp³-hybridized carbons (Fsp3) is 0.500. The minimum atomic E-state index is -0.290. The number of hydrogen-bond acceptors (Lipinski definition) is 1. The van der Waals surface area contributed by atoms with Crippen molar-refractivity contribution in [1.29, 1.82) is 0 Å². The fourth-order valence-electron chi connectivity index (χ4n) is 3.19. The number of amides is 2. The standard InChI is InChI=1S/C14H16ClFN2O/c15-8-5-6-12-10(7-8)13(18-14(19)17-12)9-3-1-2-4-11(9)16/h1-4,8,10,12-13H,5-7H2,(H2,17,18,19). The number of alkyl halides is 1. The molecule has 1 aromatic carbocycles. The molecule has 19 heavy (non-hydrogen) atoms. The van der Waals surface area contributed by atoms with Gasteiger partial charge in [-0.2, -0.15) is 0 Å². The number of hydrogen-bond donors (Lipinski definition) is 2. The van der Waals surface area contributed by atoms with Gasteiger partial charge in [0, 0.05) is 22.9 Å². The van der Waals surface area contributed by atoms with Crippen molar-refractivity contribution in [3.63, 3.8) is 0 Å². The third kappa shape index (κ3) is 2.41. The van der Waals surface area contributed by atoms with Gasteiger partial charge in [0.25, 0.3) is 0 Å². The second-order valence-electron chi connectivity index (χ2n) is 5.30. The summed E-state index contributed by atoms with van der Waals surface area (Å²) in [6.45, 7) is 0. The van der Waals surface area contributed by atoms with Crippen LogP contribution in [0.1, 0.15) is 30.9 Å². The Kier molecular flexibility index (Phi) is 3.35. The molecule has 3 nitrogen and oxygen atoms in total. The van der Waals surface area contributed by atoms with Crippen molar-refractivity contribution < 1.29 is 9.18 Å². The molecule has 5 heteroatoms. The summed E-state index contributed by atoms with van der Waals surface area (Å²) in [5.74, 6) is -0.129. The fourth-order valence-corrected chi connectivity index (χ4v) is 3.53. The van der Waals surface area contributed by atoms with E-state index in [4.69, 9.17) is 11.6 Å². The molecule has 2 amide bonds. The predicted molar refractivity (Wildman–Crippen MR) is 71.6 cm³/mol. The van der Waals surface area contributed by atoms with Crippen LogP contribution in [0.3, 0.4) is 0 Å². The molecule has 0 spiro atoms. The summed E-state index contributed by atoms with van der Waals surface area (Å²) in [6.07, 6.45) is 2.54. The molecular weight excluding hydrogens is 267 g/mol. The Labute approximate surface area is 116 Å². The Morgan fingerprint density at radius 2 is 2.00 bits per heavy atom. The molecule has 1 aromatic rings. The molecule has 3 rings (SSSR count). The summed E-state index contributed by atoms with van der Waals surface area (Å²) in [7, 11) is 0. The number of fused-ring (bicyclic) bond motifs is 1. The first-order chi connectivity index (χ1) is 9.15. The van der Waals surface area contributed by atoms with E-state index in [9.17, 15) is 9.18 Å². The number of carbonyl (C=O) groups excluding carboxylic acids is 1. The monoisotopic (exact) mass is 282 g/mol. The molecule has 2 fully saturated rings. The molecule has 2 aliphatic rings. The third-order valence-electron chi connectivity index (χ3n) is 4.11. The van der Waals surface area contributed by atoms with E-state index in [1.807, 2.05) is 0 Å². The Balaban J connectivity index is 1.93. The average Bonchev–Trinajstić information content (AvgIpc) is 2.39. The van der Waals surface area contributed by atoms with Gasteiger partial charge in [-0.05, 0) is 25.3 Å². The zero-order valence-corrected chi connectivity index (χ0v) is 11.2. The van der Waals surface area contributed by atoms with Crippen molar-refractivity contribution in [3.8, 4) is 0 Å². The highest BCUT2D eigenvalue weighted by atomic mass is 35.5. The molecule has 1 saturated carbocycles. The summed E-state index contributed by atoms with van der Waals surface area (Å²) in [5, 5.41) is 5.88. The van der Waals surface area contributed by atoms with Gasteiger partial charge >= 0.3 is 6.03 Å². The zero-order chi connectivity index (χ0) is 13.4. The molecule has 4 atom stereocenters. The quantitative estimate of drug-likeness (QED) is 0.764. The highest BCUT2D eigenvalue weighted by molar-refractivity contribution is 6.20. The lowest BCUT2D eigenvalue weighted by atomic mass is 9.76. The lowest BCUT2D eigenvalue weighted by molar-refractivity contribution is 0.162. The van der Waals surface area contributed by atoms with Gasteiger partial charge in [0.1, 0.15) is 5.82 Å². The van der Waals surface area contributed by atoms with Gasteiger partial charge in [0.2, 0.25) is 0 Å². The van der Waals surface area contributed by atoms with Crippen LogP contribution >= 0.6 is 11.6 Å². The topological polar surface area (TPSA) is 41.1 Å². The number of rotatable bonds is 1. The Morgan fingerprint density at radius 1 is 1.21 bits per heavy atom. The molecule has 1 saturated heterocycles. The number of nitrogens with one attached hydrogen (secondary N) is 2. The number of benzene rings is 1. The molecule has 0 aromatic heterocycles. The molecule has 102 valence electrons. The molecule has 1 heterocycles. The van der Waals surface area contributed by atoms with Gasteiger partial charge in [-0.25, -0.2) is 9.18 Å². The Hall–Kier alpha value is -1.29. The van der Waals surface area contributed by atoms with Crippen LogP contribution in [0.4, 0.5) is 9.18 Å². The van der Waals surface area contributed by atoms with Gasteiger partial charge < -0.3 is 10.6 Å². The van der Waals surface area contributed by atoms with E-state index in [0.717, 1.165) is 19.3 Å². The van der Waals surface area contributed by atoms with Crippen LogP contribution in [0.25, 0.3) is 0 Å². The number of urea groups is 1. The Morgan fingerprint density at radius 3 is 2.79 bits per heavy atom. The van der Waals surface area contributed by atoms with Crippen molar-refractivity contribution in [2.75, 3.05) is 0 Å². The number of carbonyl (C=O) groups is 1. The van der Waals surface area contributed by atoms with E-state index in [1.165, 1.54) is 6.07 Å². The predicted octanol–water partition coefficient (Wildman–Crippen LogP) is 2.96. The van der Waals surface area contributed by atoms with Crippen LogP contribution in [0, 0.1) is 11.7 Å². The molecular formula is C14H16ClFN2O. The highest BCUT2D eigenvalue weighted by Gasteiger charge is 2.41. The molecule has 1 aliphatic heterocycles. The molecule has 4 unspecified atom stereocenters. The lowest BCUT2D eigenvalue weighted by Gasteiger charge is -2.43. The maximum atomic E-state index is 14.0. The maximum Gasteiger partial charge on any atom is 0.315 e. The minimum Gasteiger partial charge on any atom is -0.335 e. The number of halogens is 2. The van der Waals surface area contributed by atoms with Crippen LogP contribution in [0.2, 0.25) is 0 Å². The van der Waals surface area contributed by atoms with Crippen molar-refractivity contribution in [2.45, 2.75) is 36.7 Å². The highest BCUT2D eigenvalue weighted by Crippen LogP contribution is 2.39. The van der Waals surface area contributed by atoms with Gasteiger partial charge in [0.15, 0.2) is 0 Å². The zero-order valence-electron chi connectivity index (χ0n) is 10.4. The van der Waals surface area contributed by atoms with Gasteiger partial charge in [-0.15, -0.1) is 11.6 Å². The summed E-state index contributed by atoms with van der Waals surface area (Å²) >= 11 is 6.23. The summed E-state index contributed by atoms with van der Waals surface area (Å²) in [4.78, 5) is 11.7. The van der Waals surface area contributed by atoms with Crippen LogP contribution in [-0.2, 0) is 0 Å². The summed E-state index contributed by atoms with van der Waals surface area (Å²) in [5.41, 5.74) is 0.554. The third-order valence-corrected chi connectivity index (χ3v) is 4.50. The van der Waals surface area contributed by atoms with E-state index in [1.54, 1.807) is 18.2 Å². The van der Waals surface area contributed by atoms with E-state index in [0.29, 0.717) is 5.56 Å². The van der Waals surface area contributed by atoms with Crippen LogP contribution < -0.4 is 10.6 Å². The van der Waals surface area contributed by atoms with Gasteiger partial charge in [0.05, 0.1) is 6.04 Å². The van der Waals surface area contributed by atoms with Gasteiger partial charge in [-0.3, -0.25) is 0 Å². The smallest absolute Gasteiger partial charge is 0.315 e. The first-order valence-corrected chi connectivity index (χ1v) is 7.04. The van der Waals surface area contributed by atoms with Crippen molar-refractivity contribution in [3.05, 3.63) is 35.6 Å². The van der Waals surface area contributed by atoms with E-state index in [2.05, 4.69) is 10.6 Å². The largest absolute Gasteiger partial charge is 0.335 e. The maximum absolute atomic E-state index is 14.0. The van der Waals surface area contributed by atoms with E-state index in [-0.39, 0.29) is 35.2 Å². The van der Waals surface area contributed by atoms with E-state index >= 15 is 0 Å². The normalized spacial score (nSPS) is 34.1. The van der Waals surface area contributed by atoms with Crippen LogP contribution in [0.5, 0.6) is 0 Å². The second-order valence-corrected chi connectivity index (χ2v) is 5.91. The summed E-state index contributed by atoms with van der Waals surface area (Å²) in [6, 6.07) is 6.20. The SMILES string of the molecule is O=C1NC2CCC(Cl)CC2C(c2ccccc2F)N1. The molecule has 1 aliphatic carbocycles. The van der Waals surface area contributed by atoms with Crippen LogP contribution in [0.15, 0.2) is 24.3 Å². The van der Waals surface area contributed by atoms with Crippen molar-refractivity contribution in [2.24, 2.45) is 5.92 Å². The average molecular weight is 283 g/mol. The first kappa shape index (κ1) is 12.7. The van der Waals surface area contributed by atoms with E-state index < -0.39 is 0 Å².